The third-order valence-corrected chi connectivity index (χ3v) is 2.67. The Morgan fingerprint density at radius 3 is 2.50 bits per heavy atom. The van der Waals surface area contributed by atoms with Crippen LogP contribution >= 0.6 is 11.6 Å². The normalized spacial score (nSPS) is 11.7. The zero-order valence-electron chi connectivity index (χ0n) is 10.2. The third kappa shape index (κ3) is 3.70. The van der Waals surface area contributed by atoms with Crippen LogP contribution in [-0.2, 0) is 9.53 Å². The number of ketones is 1. The zero-order valence-corrected chi connectivity index (χ0v) is 10.9. The van der Waals surface area contributed by atoms with Crippen molar-refractivity contribution in [2.45, 2.75) is 13.3 Å². The number of benzene rings is 1. The van der Waals surface area contributed by atoms with Crippen LogP contribution in [0.5, 0.6) is 0 Å². The summed E-state index contributed by atoms with van der Waals surface area (Å²) in [7, 11) is 0. The largest absolute Gasteiger partial charge is 0.465 e. The molecular weight excluding hydrogens is 252 g/mol. The first-order chi connectivity index (χ1) is 8.60. The lowest BCUT2D eigenvalue weighted by Gasteiger charge is -2.12. The molecule has 3 nitrogen and oxygen atoms in total. The van der Waals surface area contributed by atoms with Gasteiger partial charge in [0, 0.05) is 10.6 Å². The quantitative estimate of drug-likeness (QED) is 0.343. The van der Waals surface area contributed by atoms with Crippen molar-refractivity contribution < 1.29 is 14.3 Å². The van der Waals surface area contributed by atoms with Crippen LogP contribution in [0.1, 0.15) is 23.7 Å². The van der Waals surface area contributed by atoms with Gasteiger partial charge in [-0.2, -0.15) is 0 Å². The second-order valence-electron chi connectivity index (χ2n) is 3.70. The molecule has 0 spiro atoms. The Labute approximate surface area is 111 Å². The molecule has 1 rings (SSSR count). The maximum absolute atomic E-state index is 12.2. The first-order valence-electron chi connectivity index (χ1n) is 5.67. The van der Waals surface area contributed by atoms with Crippen LogP contribution in [0, 0.1) is 5.92 Å². The molecule has 96 valence electrons. The number of esters is 1. The van der Waals surface area contributed by atoms with E-state index in [4.69, 9.17) is 16.3 Å². The van der Waals surface area contributed by atoms with Gasteiger partial charge in [-0.25, -0.2) is 0 Å². The van der Waals surface area contributed by atoms with E-state index in [-0.39, 0.29) is 18.8 Å². The summed E-state index contributed by atoms with van der Waals surface area (Å²) < 4.78 is 4.89. The lowest BCUT2D eigenvalue weighted by atomic mass is 9.95. The smallest absolute Gasteiger partial charge is 0.317 e. The van der Waals surface area contributed by atoms with Gasteiger partial charge in [-0.3, -0.25) is 9.59 Å². The van der Waals surface area contributed by atoms with E-state index in [1.165, 1.54) is 6.08 Å². The molecule has 0 radical (unpaired) electrons. The van der Waals surface area contributed by atoms with Crippen LogP contribution in [0.25, 0.3) is 0 Å². The molecule has 0 aliphatic rings. The summed E-state index contributed by atoms with van der Waals surface area (Å²) in [4.78, 5) is 23.9. The van der Waals surface area contributed by atoms with Crippen LogP contribution in [-0.4, -0.2) is 18.4 Å². The van der Waals surface area contributed by atoms with E-state index in [9.17, 15) is 9.59 Å². The van der Waals surface area contributed by atoms with Crippen LogP contribution in [0.3, 0.4) is 0 Å². The molecule has 0 saturated carbocycles. The highest BCUT2D eigenvalue weighted by atomic mass is 35.5. The second-order valence-corrected chi connectivity index (χ2v) is 4.14. The average Bonchev–Trinajstić information content (AvgIpc) is 2.36. The first-order valence-corrected chi connectivity index (χ1v) is 6.05. The molecule has 0 heterocycles. The standard InChI is InChI=1S/C14H15ClO3/c1-3-5-12(14(17)18-4-2)13(16)10-6-8-11(15)9-7-10/h3,6-9,12H,1,4-5H2,2H3. The molecule has 1 unspecified atom stereocenters. The number of halogens is 1. The number of hydrogen-bond donors (Lipinski definition) is 0. The van der Waals surface area contributed by atoms with E-state index in [0.717, 1.165) is 0 Å². The highest BCUT2D eigenvalue weighted by Gasteiger charge is 2.27. The Balaban J connectivity index is 2.91. The molecule has 0 amide bonds. The predicted molar refractivity (Wildman–Crippen MR) is 70.7 cm³/mol. The summed E-state index contributed by atoms with van der Waals surface area (Å²) in [5.74, 6) is -1.62. The number of Topliss-reactive ketones (excluding diaryl/α,β-unsaturated/α-hetero) is 1. The molecule has 1 atom stereocenters. The molecule has 0 fully saturated rings. The van der Waals surface area contributed by atoms with E-state index in [1.807, 2.05) is 0 Å². The van der Waals surface area contributed by atoms with Gasteiger partial charge in [0.15, 0.2) is 5.78 Å². The predicted octanol–water partition coefficient (Wildman–Crippen LogP) is 3.28. The lowest BCUT2D eigenvalue weighted by molar-refractivity contribution is -0.146. The number of hydrogen-bond acceptors (Lipinski definition) is 3. The molecule has 4 heteroatoms. The Morgan fingerprint density at radius 2 is 2.00 bits per heavy atom. The first kappa shape index (κ1) is 14.5. The van der Waals surface area contributed by atoms with Gasteiger partial charge in [0.05, 0.1) is 6.61 Å². The number of allylic oxidation sites excluding steroid dienone is 1. The van der Waals surface area contributed by atoms with Gasteiger partial charge in [0.1, 0.15) is 5.92 Å². The number of rotatable bonds is 6. The lowest BCUT2D eigenvalue weighted by Crippen LogP contribution is -2.26. The van der Waals surface area contributed by atoms with Crippen molar-refractivity contribution in [1.82, 2.24) is 0 Å². The maximum atomic E-state index is 12.2. The van der Waals surface area contributed by atoms with E-state index >= 15 is 0 Å². The van der Waals surface area contributed by atoms with Gasteiger partial charge in [0.2, 0.25) is 0 Å². The number of carbonyl (C=O) groups is 2. The summed E-state index contributed by atoms with van der Waals surface area (Å²) in [6.45, 7) is 5.51. The van der Waals surface area contributed by atoms with Crippen LogP contribution in [0.15, 0.2) is 36.9 Å². The molecule has 0 aliphatic heterocycles. The molecular formula is C14H15ClO3. The highest BCUT2D eigenvalue weighted by Crippen LogP contribution is 2.17. The number of carbonyl (C=O) groups excluding carboxylic acids is 2. The van der Waals surface area contributed by atoms with Gasteiger partial charge in [-0.05, 0) is 37.6 Å². The van der Waals surface area contributed by atoms with E-state index in [0.29, 0.717) is 10.6 Å². The Morgan fingerprint density at radius 1 is 1.39 bits per heavy atom. The van der Waals surface area contributed by atoms with Crippen molar-refractivity contribution in [3.63, 3.8) is 0 Å². The zero-order chi connectivity index (χ0) is 13.5. The summed E-state index contributed by atoms with van der Waals surface area (Å²) in [6, 6.07) is 6.43. The van der Waals surface area contributed by atoms with Gasteiger partial charge < -0.3 is 4.74 Å². The molecule has 1 aromatic rings. The molecule has 0 saturated heterocycles. The van der Waals surface area contributed by atoms with Crippen molar-refractivity contribution >= 4 is 23.4 Å². The molecule has 0 aromatic heterocycles. The van der Waals surface area contributed by atoms with Crippen molar-refractivity contribution in [2.24, 2.45) is 5.92 Å². The summed E-state index contributed by atoms with van der Waals surface area (Å²) in [5.41, 5.74) is 0.444. The van der Waals surface area contributed by atoms with Crippen molar-refractivity contribution in [3.05, 3.63) is 47.5 Å². The minimum atomic E-state index is -0.830. The fourth-order valence-electron chi connectivity index (χ4n) is 1.54. The van der Waals surface area contributed by atoms with Crippen molar-refractivity contribution in [1.29, 1.82) is 0 Å². The van der Waals surface area contributed by atoms with Crippen LogP contribution in [0.2, 0.25) is 5.02 Å². The molecule has 1 aromatic carbocycles. The van der Waals surface area contributed by atoms with E-state index < -0.39 is 11.9 Å². The highest BCUT2D eigenvalue weighted by molar-refractivity contribution is 6.30. The van der Waals surface area contributed by atoms with Crippen LogP contribution in [0.4, 0.5) is 0 Å². The maximum Gasteiger partial charge on any atom is 0.317 e. The van der Waals surface area contributed by atoms with Crippen molar-refractivity contribution in [2.75, 3.05) is 6.61 Å². The molecule has 0 N–H and O–H groups in total. The second kappa shape index (κ2) is 6.97. The minimum Gasteiger partial charge on any atom is -0.465 e. The summed E-state index contributed by atoms with van der Waals surface area (Å²) in [5, 5.41) is 0.544. The molecule has 18 heavy (non-hydrogen) atoms. The Kier molecular flexibility index (Phi) is 5.59. The summed E-state index contributed by atoms with van der Waals surface area (Å²) >= 11 is 5.75. The monoisotopic (exact) mass is 266 g/mol. The van der Waals surface area contributed by atoms with E-state index in [1.54, 1.807) is 31.2 Å². The van der Waals surface area contributed by atoms with Crippen LogP contribution < -0.4 is 0 Å². The fourth-order valence-corrected chi connectivity index (χ4v) is 1.66. The molecule has 0 bridgehead atoms. The van der Waals surface area contributed by atoms with Gasteiger partial charge in [-0.15, -0.1) is 6.58 Å². The van der Waals surface area contributed by atoms with Gasteiger partial charge in [0.25, 0.3) is 0 Å². The molecule has 0 aliphatic carbocycles. The SMILES string of the molecule is C=CCC(C(=O)OCC)C(=O)c1ccc(Cl)cc1. The Bertz CT molecular complexity index is 437. The third-order valence-electron chi connectivity index (χ3n) is 2.42. The Hall–Kier alpha value is -1.61. The van der Waals surface area contributed by atoms with E-state index in [2.05, 4.69) is 6.58 Å². The minimum absolute atomic E-state index is 0.250. The van der Waals surface area contributed by atoms with Crippen molar-refractivity contribution in [3.8, 4) is 0 Å². The number of ether oxygens (including phenoxy) is 1. The van der Waals surface area contributed by atoms with Gasteiger partial charge in [-0.1, -0.05) is 17.7 Å². The average molecular weight is 267 g/mol. The fraction of sp³-hybridized carbons (Fsp3) is 0.286. The summed E-state index contributed by atoms with van der Waals surface area (Å²) in [6.07, 6.45) is 1.80. The van der Waals surface area contributed by atoms with Gasteiger partial charge >= 0.3 is 5.97 Å². The topological polar surface area (TPSA) is 43.4 Å².